The van der Waals surface area contributed by atoms with Gasteiger partial charge in [0.1, 0.15) is 0 Å². The number of carbonyl (C=O) groups is 1. The molecule has 0 aliphatic heterocycles. The minimum absolute atomic E-state index is 0.0837. The van der Waals surface area contributed by atoms with Crippen LogP contribution in [0.25, 0.3) is 22.2 Å². The predicted molar refractivity (Wildman–Crippen MR) is 119 cm³/mol. The van der Waals surface area contributed by atoms with Gasteiger partial charge in [-0.25, -0.2) is 4.98 Å². The molecule has 4 rings (SSSR count). The molecule has 0 fully saturated rings. The van der Waals surface area contributed by atoms with Gasteiger partial charge in [-0.3, -0.25) is 4.79 Å². The number of aryl methyl sites for hydroxylation is 3. The molecule has 0 saturated heterocycles. The lowest BCUT2D eigenvalue weighted by atomic mass is 9.99. The number of benzene rings is 3. The summed E-state index contributed by atoms with van der Waals surface area (Å²) in [5.74, 6) is -0.0837. The first-order chi connectivity index (χ1) is 14.0. The van der Waals surface area contributed by atoms with Crippen LogP contribution >= 0.6 is 0 Å². The number of carbonyl (C=O) groups excluding carboxylic acids is 1. The monoisotopic (exact) mass is 380 g/mol. The summed E-state index contributed by atoms with van der Waals surface area (Å²) in [4.78, 5) is 18.1. The summed E-state index contributed by atoms with van der Waals surface area (Å²) in [7, 11) is 0. The lowest BCUT2D eigenvalue weighted by Crippen LogP contribution is -2.23. The highest BCUT2D eigenvalue weighted by Gasteiger charge is 2.15. The van der Waals surface area contributed by atoms with Crippen LogP contribution in [0.2, 0.25) is 0 Å². The number of hydrogen-bond donors (Lipinski definition) is 1. The molecular formula is C26H24N2O. The van der Waals surface area contributed by atoms with Crippen molar-refractivity contribution in [3.63, 3.8) is 0 Å². The van der Waals surface area contributed by atoms with Crippen LogP contribution in [0.15, 0.2) is 72.8 Å². The van der Waals surface area contributed by atoms with Gasteiger partial charge < -0.3 is 5.32 Å². The van der Waals surface area contributed by atoms with Gasteiger partial charge in [-0.2, -0.15) is 0 Å². The standard InChI is InChI=1S/C26H24N2O/c1-17-9-11-21(12-10-17)24-15-23(22-14-18(2)13-19(3)25(22)28-24)26(29)27-16-20-7-5-4-6-8-20/h4-15H,16H2,1-3H3,(H,27,29). The van der Waals surface area contributed by atoms with E-state index in [9.17, 15) is 4.79 Å². The van der Waals surface area contributed by atoms with E-state index in [4.69, 9.17) is 4.98 Å². The van der Waals surface area contributed by atoms with Crippen LogP contribution in [-0.4, -0.2) is 10.9 Å². The van der Waals surface area contributed by atoms with E-state index in [0.29, 0.717) is 12.1 Å². The third-order valence-electron chi connectivity index (χ3n) is 5.14. The van der Waals surface area contributed by atoms with Crippen LogP contribution in [0, 0.1) is 20.8 Å². The van der Waals surface area contributed by atoms with Crippen molar-refractivity contribution >= 4 is 16.8 Å². The molecule has 3 heteroatoms. The van der Waals surface area contributed by atoms with Gasteiger partial charge >= 0.3 is 0 Å². The molecule has 1 heterocycles. The van der Waals surface area contributed by atoms with Gasteiger partial charge in [0.2, 0.25) is 0 Å². The van der Waals surface area contributed by atoms with Crippen LogP contribution in [0.4, 0.5) is 0 Å². The van der Waals surface area contributed by atoms with Gasteiger partial charge in [-0.05, 0) is 44.0 Å². The maximum absolute atomic E-state index is 13.2. The van der Waals surface area contributed by atoms with E-state index in [0.717, 1.165) is 38.9 Å². The highest BCUT2D eigenvalue weighted by atomic mass is 16.1. The average molecular weight is 380 g/mol. The van der Waals surface area contributed by atoms with Crippen molar-refractivity contribution in [1.82, 2.24) is 10.3 Å². The molecule has 1 amide bonds. The second-order valence-electron chi connectivity index (χ2n) is 7.57. The summed E-state index contributed by atoms with van der Waals surface area (Å²) in [5, 5.41) is 3.96. The fourth-order valence-electron chi connectivity index (χ4n) is 3.61. The number of nitrogens with one attached hydrogen (secondary N) is 1. The maximum atomic E-state index is 13.2. The molecule has 0 saturated carbocycles. The van der Waals surface area contributed by atoms with E-state index in [1.165, 1.54) is 5.56 Å². The van der Waals surface area contributed by atoms with Gasteiger partial charge in [-0.1, -0.05) is 71.8 Å². The number of nitrogens with zero attached hydrogens (tertiary/aromatic N) is 1. The first-order valence-corrected chi connectivity index (χ1v) is 9.82. The summed E-state index contributed by atoms with van der Waals surface area (Å²) >= 11 is 0. The van der Waals surface area contributed by atoms with E-state index in [1.54, 1.807) is 0 Å². The van der Waals surface area contributed by atoms with Crippen molar-refractivity contribution in [2.45, 2.75) is 27.3 Å². The number of hydrogen-bond acceptors (Lipinski definition) is 2. The van der Waals surface area contributed by atoms with E-state index >= 15 is 0 Å². The fraction of sp³-hybridized carbons (Fsp3) is 0.154. The lowest BCUT2D eigenvalue weighted by Gasteiger charge is -2.13. The molecule has 0 aliphatic carbocycles. The van der Waals surface area contributed by atoms with Gasteiger partial charge in [0.25, 0.3) is 5.91 Å². The largest absolute Gasteiger partial charge is 0.348 e. The molecule has 3 aromatic carbocycles. The van der Waals surface area contributed by atoms with Crippen molar-refractivity contribution in [1.29, 1.82) is 0 Å². The van der Waals surface area contributed by atoms with Crippen LogP contribution in [0.3, 0.4) is 0 Å². The highest BCUT2D eigenvalue weighted by molar-refractivity contribution is 6.08. The summed E-state index contributed by atoms with van der Waals surface area (Å²) in [6, 6.07) is 24.3. The Morgan fingerprint density at radius 3 is 2.31 bits per heavy atom. The van der Waals surface area contributed by atoms with Crippen molar-refractivity contribution in [3.8, 4) is 11.3 Å². The van der Waals surface area contributed by atoms with E-state index in [2.05, 4.69) is 42.6 Å². The zero-order chi connectivity index (χ0) is 20.4. The number of aromatic nitrogens is 1. The Bertz CT molecular complexity index is 1180. The van der Waals surface area contributed by atoms with Crippen molar-refractivity contribution in [3.05, 3.63) is 101 Å². The molecule has 144 valence electrons. The quantitative estimate of drug-likeness (QED) is 0.489. The molecule has 1 aromatic heterocycles. The van der Waals surface area contributed by atoms with Gasteiger partial charge in [0, 0.05) is 17.5 Å². The van der Waals surface area contributed by atoms with Crippen LogP contribution in [0.1, 0.15) is 32.6 Å². The molecule has 29 heavy (non-hydrogen) atoms. The van der Waals surface area contributed by atoms with Gasteiger partial charge in [-0.15, -0.1) is 0 Å². The zero-order valence-corrected chi connectivity index (χ0v) is 17.0. The molecule has 0 unspecified atom stereocenters. The topological polar surface area (TPSA) is 42.0 Å². The first kappa shape index (κ1) is 18.9. The number of pyridine rings is 1. The van der Waals surface area contributed by atoms with Crippen LogP contribution < -0.4 is 5.32 Å². The summed E-state index contributed by atoms with van der Waals surface area (Å²) in [5.41, 5.74) is 7.83. The van der Waals surface area contributed by atoms with E-state index < -0.39 is 0 Å². The Morgan fingerprint density at radius 2 is 1.59 bits per heavy atom. The smallest absolute Gasteiger partial charge is 0.252 e. The van der Waals surface area contributed by atoms with Crippen molar-refractivity contribution in [2.75, 3.05) is 0 Å². The van der Waals surface area contributed by atoms with Gasteiger partial charge in [0.05, 0.1) is 16.8 Å². The maximum Gasteiger partial charge on any atom is 0.252 e. The number of amides is 1. The van der Waals surface area contributed by atoms with Crippen molar-refractivity contribution in [2.24, 2.45) is 0 Å². The SMILES string of the molecule is Cc1ccc(-c2cc(C(=O)NCc3ccccc3)c3cc(C)cc(C)c3n2)cc1. The first-order valence-electron chi connectivity index (χ1n) is 9.82. The summed E-state index contributed by atoms with van der Waals surface area (Å²) in [6.45, 7) is 6.65. The van der Waals surface area contributed by atoms with Crippen LogP contribution in [0.5, 0.6) is 0 Å². The average Bonchev–Trinajstić information content (AvgIpc) is 2.73. The Kier molecular flexibility index (Phi) is 5.13. The normalized spacial score (nSPS) is 10.9. The van der Waals surface area contributed by atoms with Crippen molar-refractivity contribution < 1.29 is 4.79 Å². The molecule has 0 aliphatic rings. The highest BCUT2D eigenvalue weighted by Crippen LogP contribution is 2.28. The lowest BCUT2D eigenvalue weighted by molar-refractivity contribution is 0.0952. The Balaban J connectivity index is 1.79. The fourth-order valence-corrected chi connectivity index (χ4v) is 3.61. The second-order valence-corrected chi connectivity index (χ2v) is 7.57. The Labute approximate surface area is 171 Å². The van der Waals surface area contributed by atoms with E-state index in [1.807, 2.05) is 56.3 Å². The minimum Gasteiger partial charge on any atom is -0.348 e. The third-order valence-corrected chi connectivity index (χ3v) is 5.14. The summed E-state index contributed by atoms with van der Waals surface area (Å²) in [6.07, 6.45) is 0. The minimum atomic E-state index is -0.0837. The number of fused-ring (bicyclic) bond motifs is 1. The molecule has 0 bridgehead atoms. The predicted octanol–water partition coefficient (Wildman–Crippen LogP) is 5.76. The Morgan fingerprint density at radius 1 is 0.862 bits per heavy atom. The Hall–Kier alpha value is -3.46. The molecule has 0 spiro atoms. The van der Waals surface area contributed by atoms with Gasteiger partial charge in [0.15, 0.2) is 0 Å². The molecule has 1 N–H and O–H groups in total. The molecular weight excluding hydrogens is 356 g/mol. The van der Waals surface area contributed by atoms with Crippen LogP contribution in [-0.2, 0) is 6.54 Å². The van der Waals surface area contributed by atoms with E-state index in [-0.39, 0.29) is 5.91 Å². The summed E-state index contributed by atoms with van der Waals surface area (Å²) < 4.78 is 0. The molecule has 0 radical (unpaired) electrons. The second kappa shape index (κ2) is 7.88. The number of rotatable bonds is 4. The zero-order valence-electron chi connectivity index (χ0n) is 17.0. The molecule has 3 nitrogen and oxygen atoms in total. The molecule has 0 atom stereocenters. The molecule has 4 aromatic rings. The third kappa shape index (κ3) is 4.04.